The predicted molar refractivity (Wildman–Crippen MR) is 88.8 cm³/mol. The molecule has 0 amide bonds. The van der Waals surface area contributed by atoms with Crippen LogP contribution in [0, 0.1) is 17.8 Å². The second kappa shape index (κ2) is 5.95. The summed E-state index contributed by atoms with van der Waals surface area (Å²) in [4.78, 5) is 0. The van der Waals surface area contributed by atoms with Crippen LogP contribution in [0.4, 0.5) is 0 Å². The topological polar surface area (TPSA) is 27.7 Å². The summed E-state index contributed by atoms with van der Waals surface area (Å²) in [6.45, 7) is 17.0. The van der Waals surface area contributed by atoms with Crippen LogP contribution in [-0.4, -0.2) is 32.9 Å². The summed E-state index contributed by atoms with van der Waals surface area (Å²) in [6, 6.07) is 0. The van der Waals surface area contributed by atoms with E-state index in [0.717, 1.165) is 6.42 Å². The Hall–Kier alpha value is 0.0969. The molecule has 21 heavy (non-hydrogen) atoms. The predicted octanol–water partition coefficient (Wildman–Crippen LogP) is 4.43. The van der Waals surface area contributed by atoms with E-state index >= 15 is 0 Å². The molecule has 2 fully saturated rings. The average molecular weight is 315 g/mol. The van der Waals surface area contributed by atoms with Gasteiger partial charge in [0.2, 0.25) is 0 Å². The fourth-order valence-corrected chi connectivity index (χ4v) is 5.62. The van der Waals surface area contributed by atoms with Gasteiger partial charge in [-0.3, -0.25) is 0 Å². The van der Waals surface area contributed by atoms with Crippen molar-refractivity contribution in [2.75, 3.05) is 13.2 Å². The van der Waals surface area contributed by atoms with Crippen LogP contribution in [0.15, 0.2) is 0 Å². The third-order valence-electron chi connectivity index (χ3n) is 4.77. The Morgan fingerprint density at radius 3 is 2.14 bits per heavy atom. The molecule has 0 aromatic carbocycles. The lowest BCUT2D eigenvalue weighted by Crippen LogP contribution is -2.60. The molecular formula is C17H34O3Si. The van der Waals surface area contributed by atoms with Gasteiger partial charge in [0.15, 0.2) is 14.1 Å². The van der Waals surface area contributed by atoms with E-state index in [1.165, 1.54) is 12.8 Å². The third-order valence-corrected chi connectivity index (χ3v) is 5.87. The van der Waals surface area contributed by atoms with Crippen LogP contribution in [0.3, 0.4) is 0 Å². The molecule has 1 aliphatic heterocycles. The molecule has 1 heterocycles. The molecule has 1 spiro atoms. The zero-order chi connectivity index (χ0) is 15.9. The van der Waals surface area contributed by atoms with Crippen LogP contribution < -0.4 is 0 Å². The Morgan fingerprint density at radius 2 is 1.67 bits per heavy atom. The molecule has 3 nitrogen and oxygen atoms in total. The Labute approximate surface area is 131 Å². The van der Waals surface area contributed by atoms with E-state index in [1.54, 1.807) is 0 Å². The van der Waals surface area contributed by atoms with Crippen molar-refractivity contribution in [3.63, 3.8) is 0 Å². The van der Waals surface area contributed by atoms with Crippen molar-refractivity contribution < 1.29 is 13.9 Å². The standard InChI is InChI=1S/C17H34O3Si/c1-13(2)15-9-8-14(3)10-17(15)18-11-16(4,12-19-17)20-21(5,6)7/h13-15H,8-12H2,1-7H3/t14-,15+,16?,17?/m1/s1. The molecule has 2 rings (SSSR count). The second-order valence-electron chi connectivity index (χ2n) is 8.79. The normalized spacial score (nSPS) is 41.7. The molecule has 124 valence electrons. The summed E-state index contributed by atoms with van der Waals surface area (Å²) in [5.74, 6) is 1.42. The van der Waals surface area contributed by atoms with Crippen molar-refractivity contribution in [3.8, 4) is 0 Å². The van der Waals surface area contributed by atoms with Crippen LogP contribution in [0.5, 0.6) is 0 Å². The van der Waals surface area contributed by atoms with Crippen molar-refractivity contribution in [3.05, 3.63) is 0 Å². The third kappa shape index (κ3) is 4.09. The van der Waals surface area contributed by atoms with Crippen molar-refractivity contribution >= 4 is 8.32 Å². The first-order valence-electron chi connectivity index (χ1n) is 8.53. The van der Waals surface area contributed by atoms with Gasteiger partial charge in [0.05, 0.1) is 13.2 Å². The summed E-state index contributed by atoms with van der Waals surface area (Å²) in [5.41, 5.74) is -0.280. The number of rotatable bonds is 3. The quantitative estimate of drug-likeness (QED) is 0.721. The first-order chi connectivity index (χ1) is 9.55. The Morgan fingerprint density at radius 1 is 1.10 bits per heavy atom. The molecule has 0 aromatic heterocycles. The maximum absolute atomic E-state index is 6.39. The largest absolute Gasteiger partial charge is 0.408 e. The van der Waals surface area contributed by atoms with E-state index in [2.05, 4.69) is 47.3 Å². The smallest absolute Gasteiger partial charge is 0.184 e. The van der Waals surface area contributed by atoms with Gasteiger partial charge in [-0.05, 0) is 44.8 Å². The van der Waals surface area contributed by atoms with Crippen molar-refractivity contribution in [2.45, 2.75) is 78.0 Å². The van der Waals surface area contributed by atoms with Gasteiger partial charge < -0.3 is 13.9 Å². The van der Waals surface area contributed by atoms with Gasteiger partial charge in [0.1, 0.15) is 5.60 Å². The lowest BCUT2D eigenvalue weighted by molar-refractivity contribution is -0.350. The van der Waals surface area contributed by atoms with Crippen LogP contribution in [0.2, 0.25) is 19.6 Å². The van der Waals surface area contributed by atoms with Gasteiger partial charge in [0, 0.05) is 12.3 Å². The van der Waals surface area contributed by atoms with E-state index in [9.17, 15) is 0 Å². The molecular weight excluding hydrogens is 280 g/mol. The highest BCUT2D eigenvalue weighted by Crippen LogP contribution is 2.47. The van der Waals surface area contributed by atoms with Crippen LogP contribution in [0.25, 0.3) is 0 Å². The summed E-state index contributed by atoms with van der Waals surface area (Å²) >= 11 is 0. The first-order valence-corrected chi connectivity index (χ1v) is 11.9. The molecule has 4 heteroatoms. The molecule has 2 atom stereocenters. The summed E-state index contributed by atoms with van der Waals surface area (Å²) < 4.78 is 19.1. The second-order valence-corrected chi connectivity index (χ2v) is 13.2. The monoisotopic (exact) mass is 314 g/mol. The SMILES string of the molecule is CC(C)[C@@H]1CC[C@@H](C)CC12OCC(C)(O[Si](C)(C)C)CO2. The van der Waals surface area contributed by atoms with E-state index in [0.29, 0.717) is 31.0 Å². The molecule has 1 saturated heterocycles. The molecule has 1 aliphatic carbocycles. The molecule has 2 aliphatic rings. The highest BCUT2D eigenvalue weighted by molar-refractivity contribution is 6.69. The lowest BCUT2D eigenvalue weighted by Gasteiger charge is -2.53. The van der Waals surface area contributed by atoms with E-state index < -0.39 is 8.32 Å². The fraction of sp³-hybridized carbons (Fsp3) is 1.00. The van der Waals surface area contributed by atoms with Gasteiger partial charge in [0.25, 0.3) is 0 Å². The number of ether oxygens (including phenoxy) is 2. The molecule has 0 radical (unpaired) electrons. The Kier molecular flexibility index (Phi) is 4.94. The zero-order valence-electron chi connectivity index (χ0n) is 15.0. The average Bonchev–Trinajstić information content (AvgIpc) is 2.31. The minimum atomic E-state index is -1.59. The highest BCUT2D eigenvalue weighted by Gasteiger charge is 2.52. The highest BCUT2D eigenvalue weighted by atomic mass is 28.4. The van der Waals surface area contributed by atoms with E-state index in [4.69, 9.17) is 13.9 Å². The van der Waals surface area contributed by atoms with Gasteiger partial charge in [-0.25, -0.2) is 0 Å². The summed E-state index contributed by atoms with van der Waals surface area (Å²) in [5, 5.41) is 0. The molecule has 1 saturated carbocycles. The van der Waals surface area contributed by atoms with Crippen LogP contribution in [-0.2, 0) is 13.9 Å². The van der Waals surface area contributed by atoms with Gasteiger partial charge >= 0.3 is 0 Å². The van der Waals surface area contributed by atoms with Crippen molar-refractivity contribution in [1.29, 1.82) is 0 Å². The summed E-state index contributed by atoms with van der Waals surface area (Å²) in [7, 11) is -1.59. The van der Waals surface area contributed by atoms with E-state index in [1.807, 2.05) is 0 Å². The fourth-order valence-electron chi connectivity index (χ4n) is 4.03. The van der Waals surface area contributed by atoms with Crippen LogP contribution >= 0.6 is 0 Å². The number of hydrogen-bond donors (Lipinski definition) is 0. The number of hydrogen-bond acceptors (Lipinski definition) is 3. The maximum Gasteiger partial charge on any atom is 0.184 e. The van der Waals surface area contributed by atoms with E-state index in [-0.39, 0.29) is 11.4 Å². The van der Waals surface area contributed by atoms with Gasteiger partial charge in [-0.15, -0.1) is 0 Å². The minimum Gasteiger partial charge on any atom is -0.408 e. The maximum atomic E-state index is 6.39. The molecule has 0 bridgehead atoms. The van der Waals surface area contributed by atoms with Crippen LogP contribution in [0.1, 0.15) is 47.0 Å². The molecule has 0 N–H and O–H groups in total. The van der Waals surface area contributed by atoms with Gasteiger partial charge in [-0.1, -0.05) is 27.2 Å². The minimum absolute atomic E-state index is 0.280. The zero-order valence-corrected chi connectivity index (χ0v) is 16.0. The van der Waals surface area contributed by atoms with Crippen molar-refractivity contribution in [2.24, 2.45) is 17.8 Å². The Bertz CT molecular complexity index is 354. The molecule has 0 aromatic rings. The van der Waals surface area contributed by atoms with Gasteiger partial charge in [-0.2, -0.15) is 0 Å². The Balaban J connectivity index is 2.09. The first kappa shape index (κ1) is 17.5. The van der Waals surface area contributed by atoms with Crippen molar-refractivity contribution in [1.82, 2.24) is 0 Å². The molecule has 0 unspecified atom stereocenters. The lowest BCUT2D eigenvalue weighted by atomic mass is 9.72. The summed E-state index contributed by atoms with van der Waals surface area (Å²) in [6.07, 6.45) is 3.53.